The number of carbonyl (C=O) groups is 3. The molecule has 21 heavy (non-hydrogen) atoms. The quantitative estimate of drug-likeness (QED) is 0.561. The van der Waals surface area contributed by atoms with Crippen molar-refractivity contribution >= 4 is 18.0 Å². The van der Waals surface area contributed by atoms with Crippen LogP contribution in [-0.4, -0.2) is 61.7 Å². The number of aromatic nitrogens is 2. The van der Waals surface area contributed by atoms with Crippen molar-refractivity contribution in [3.8, 4) is 0 Å². The molecule has 3 rings (SSSR count). The normalized spacial score (nSPS) is 23.2. The molecule has 1 saturated heterocycles. The summed E-state index contributed by atoms with van der Waals surface area (Å²) in [6.45, 7) is -0.343. The Morgan fingerprint density at radius 2 is 2.24 bits per heavy atom. The standard InChI is InChI=1S/C11H12N4O6/c1-21-10(18)9-8-5(2-12-14(8)4-7(16)17)6-3-13(9)11(19)15(6)20/h2,6,9,20H,3-4H2,1H3,(H,16,17)/t6-,9-/m0/s1. The molecule has 2 aliphatic rings. The number of hydrogen-bond acceptors (Lipinski definition) is 6. The van der Waals surface area contributed by atoms with E-state index in [0.29, 0.717) is 10.6 Å². The van der Waals surface area contributed by atoms with Gasteiger partial charge in [-0.1, -0.05) is 0 Å². The van der Waals surface area contributed by atoms with Crippen molar-refractivity contribution < 1.29 is 29.4 Å². The van der Waals surface area contributed by atoms with E-state index in [4.69, 9.17) is 5.11 Å². The number of esters is 1. The van der Waals surface area contributed by atoms with Gasteiger partial charge in [-0.05, 0) is 0 Å². The van der Waals surface area contributed by atoms with E-state index in [1.807, 2.05) is 0 Å². The van der Waals surface area contributed by atoms with Crippen LogP contribution in [0.3, 0.4) is 0 Å². The summed E-state index contributed by atoms with van der Waals surface area (Å²) in [5.74, 6) is -1.85. The summed E-state index contributed by atoms with van der Waals surface area (Å²) < 4.78 is 5.82. The Balaban J connectivity index is 2.14. The highest BCUT2D eigenvalue weighted by molar-refractivity contribution is 5.87. The molecule has 3 heterocycles. The highest BCUT2D eigenvalue weighted by atomic mass is 16.5. The van der Waals surface area contributed by atoms with Gasteiger partial charge in [0.1, 0.15) is 12.6 Å². The predicted molar refractivity (Wildman–Crippen MR) is 63.1 cm³/mol. The zero-order chi connectivity index (χ0) is 15.3. The molecule has 0 unspecified atom stereocenters. The van der Waals surface area contributed by atoms with E-state index in [-0.39, 0.29) is 12.2 Å². The average molecular weight is 296 g/mol. The summed E-state index contributed by atoms with van der Waals surface area (Å²) in [4.78, 5) is 36.0. The number of hydroxylamine groups is 2. The number of aliphatic carboxylic acids is 1. The van der Waals surface area contributed by atoms with Gasteiger partial charge in [0, 0.05) is 5.56 Å². The van der Waals surface area contributed by atoms with Gasteiger partial charge in [0.25, 0.3) is 0 Å². The van der Waals surface area contributed by atoms with Gasteiger partial charge in [-0.2, -0.15) is 10.2 Å². The van der Waals surface area contributed by atoms with Crippen molar-refractivity contribution in [2.45, 2.75) is 18.6 Å². The molecule has 112 valence electrons. The molecule has 1 aromatic rings. The number of fused-ring (bicyclic) bond motifs is 4. The molecular formula is C11H12N4O6. The molecule has 2 amide bonds. The van der Waals surface area contributed by atoms with Crippen molar-refractivity contribution in [3.63, 3.8) is 0 Å². The number of ether oxygens (including phenoxy) is 1. The molecule has 2 N–H and O–H groups in total. The Hall–Kier alpha value is -2.62. The van der Waals surface area contributed by atoms with Crippen LogP contribution in [0.5, 0.6) is 0 Å². The number of carboxylic acids is 1. The minimum atomic E-state index is -1.13. The SMILES string of the molecule is COC(=O)[C@@H]1c2c(cnn2CC(=O)O)[C@@H]2CN1C(=O)N2O. The zero-order valence-corrected chi connectivity index (χ0v) is 11.0. The highest BCUT2D eigenvalue weighted by Crippen LogP contribution is 2.43. The monoisotopic (exact) mass is 296 g/mol. The molecule has 0 spiro atoms. The molecule has 2 atom stereocenters. The third-order valence-electron chi connectivity index (χ3n) is 3.66. The van der Waals surface area contributed by atoms with Crippen molar-refractivity contribution in [2.24, 2.45) is 0 Å². The van der Waals surface area contributed by atoms with Gasteiger partial charge in [0.05, 0.1) is 25.5 Å². The molecule has 0 radical (unpaired) electrons. The first-order chi connectivity index (χ1) is 9.95. The smallest absolute Gasteiger partial charge is 0.345 e. The lowest BCUT2D eigenvalue weighted by atomic mass is 9.98. The van der Waals surface area contributed by atoms with Crippen LogP contribution in [0.1, 0.15) is 23.3 Å². The van der Waals surface area contributed by atoms with E-state index in [1.54, 1.807) is 0 Å². The Kier molecular flexibility index (Phi) is 2.83. The van der Waals surface area contributed by atoms with Gasteiger partial charge in [-0.25, -0.2) is 9.59 Å². The summed E-state index contributed by atoms with van der Waals surface area (Å²) in [5.41, 5.74) is 0.696. The Bertz CT molecular complexity index is 641. The Morgan fingerprint density at radius 1 is 1.52 bits per heavy atom. The molecule has 10 heteroatoms. The highest BCUT2D eigenvalue weighted by Gasteiger charge is 2.52. The molecule has 1 aromatic heterocycles. The summed E-state index contributed by atoms with van der Waals surface area (Å²) in [5, 5.41) is 23.2. The number of methoxy groups -OCH3 is 1. The van der Waals surface area contributed by atoms with E-state index >= 15 is 0 Å². The van der Waals surface area contributed by atoms with Gasteiger partial charge in [-0.3, -0.25) is 14.7 Å². The molecule has 1 fully saturated rings. The first-order valence-corrected chi connectivity index (χ1v) is 6.09. The lowest BCUT2D eigenvalue weighted by Crippen LogP contribution is -2.40. The molecule has 0 aliphatic carbocycles. The number of rotatable bonds is 3. The van der Waals surface area contributed by atoms with Crippen molar-refractivity contribution in [1.82, 2.24) is 19.7 Å². The summed E-state index contributed by atoms with van der Waals surface area (Å²) in [6, 6.07) is -2.52. The van der Waals surface area contributed by atoms with Gasteiger partial charge in [0.15, 0.2) is 6.04 Å². The van der Waals surface area contributed by atoms with Gasteiger partial charge in [0.2, 0.25) is 0 Å². The molecule has 0 aromatic carbocycles. The number of nitrogens with zero attached hydrogens (tertiary/aromatic N) is 4. The first-order valence-electron chi connectivity index (χ1n) is 6.09. The maximum atomic E-state index is 12.0. The Morgan fingerprint density at radius 3 is 2.86 bits per heavy atom. The van der Waals surface area contributed by atoms with Gasteiger partial charge >= 0.3 is 18.0 Å². The van der Waals surface area contributed by atoms with E-state index in [2.05, 4.69) is 9.84 Å². The summed E-state index contributed by atoms with van der Waals surface area (Å²) in [7, 11) is 1.17. The van der Waals surface area contributed by atoms with E-state index in [9.17, 15) is 19.6 Å². The Labute approximate surface area is 118 Å². The topological polar surface area (TPSA) is 125 Å². The maximum Gasteiger partial charge on any atom is 0.345 e. The van der Waals surface area contributed by atoms with Crippen LogP contribution in [0, 0.1) is 0 Å². The number of amides is 2. The predicted octanol–water partition coefficient (Wildman–Crippen LogP) is -0.637. The lowest BCUT2D eigenvalue weighted by Gasteiger charge is -2.29. The fourth-order valence-electron chi connectivity index (χ4n) is 2.77. The fraction of sp³-hybridized carbons (Fsp3) is 0.455. The molecule has 2 aliphatic heterocycles. The van der Waals surface area contributed by atoms with Crippen LogP contribution in [0.2, 0.25) is 0 Å². The largest absolute Gasteiger partial charge is 0.480 e. The second-order valence-corrected chi connectivity index (χ2v) is 4.76. The van der Waals surface area contributed by atoms with E-state index < -0.39 is 36.6 Å². The lowest BCUT2D eigenvalue weighted by molar-refractivity contribution is -0.147. The second kappa shape index (κ2) is 4.45. The minimum Gasteiger partial charge on any atom is -0.480 e. The molecular weight excluding hydrogens is 284 g/mol. The molecule has 2 bridgehead atoms. The third kappa shape index (κ3) is 1.76. The van der Waals surface area contributed by atoms with Crippen LogP contribution in [0.25, 0.3) is 0 Å². The number of carboxylic acid groups (broad SMARTS) is 1. The number of hydrogen-bond donors (Lipinski definition) is 2. The number of carbonyl (C=O) groups excluding carboxylic acids is 2. The van der Waals surface area contributed by atoms with E-state index in [1.165, 1.54) is 13.3 Å². The second-order valence-electron chi connectivity index (χ2n) is 4.76. The van der Waals surface area contributed by atoms with Crippen LogP contribution in [0.15, 0.2) is 6.20 Å². The minimum absolute atomic E-state index is 0.112. The van der Waals surface area contributed by atoms with Crippen molar-refractivity contribution in [1.29, 1.82) is 0 Å². The summed E-state index contributed by atoms with van der Waals surface area (Å²) >= 11 is 0. The fourth-order valence-corrected chi connectivity index (χ4v) is 2.77. The number of urea groups is 1. The maximum absolute atomic E-state index is 12.0. The zero-order valence-electron chi connectivity index (χ0n) is 11.0. The first kappa shape index (κ1) is 13.4. The van der Waals surface area contributed by atoms with Crippen LogP contribution >= 0.6 is 0 Å². The van der Waals surface area contributed by atoms with Crippen molar-refractivity contribution in [3.05, 3.63) is 17.5 Å². The van der Waals surface area contributed by atoms with Crippen LogP contribution in [-0.2, 0) is 20.9 Å². The third-order valence-corrected chi connectivity index (χ3v) is 3.66. The van der Waals surface area contributed by atoms with E-state index in [0.717, 1.165) is 9.58 Å². The van der Waals surface area contributed by atoms with Crippen molar-refractivity contribution in [2.75, 3.05) is 13.7 Å². The molecule has 0 saturated carbocycles. The summed E-state index contributed by atoms with van der Waals surface area (Å²) in [6.07, 6.45) is 1.36. The molecule has 10 nitrogen and oxygen atoms in total. The average Bonchev–Trinajstić information content (AvgIpc) is 2.95. The van der Waals surface area contributed by atoms with Gasteiger partial charge < -0.3 is 14.7 Å². The van der Waals surface area contributed by atoms with Crippen LogP contribution in [0.4, 0.5) is 4.79 Å². The van der Waals surface area contributed by atoms with Gasteiger partial charge in [-0.15, -0.1) is 0 Å². The van der Waals surface area contributed by atoms with Crippen LogP contribution < -0.4 is 0 Å².